The maximum atomic E-state index is 13.5. The molecular formula is C26H32F2N6O. The molecule has 1 saturated heterocycles. The highest BCUT2D eigenvalue weighted by molar-refractivity contribution is 6.09. The molecule has 0 saturated carbocycles. The summed E-state index contributed by atoms with van der Waals surface area (Å²) >= 11 is 0. The van der Waals surface area contributed by atoms with Crippen molar-refractivity contribution in [1.82, 2.24) is 24.8 Å². The maximum Gasteiger partial charge on any atom is 0.255 e. The summed E-state index contributed by atoms with van der Waals surface area (Å²) in [4.78, 5) is 26.9. The van der Waals surface area contributed by atoms with Crippen LogP contribution in [-0.2, 0) is 19.4 Å². The van der Waals surface area contributed by atoms with Crippen LogP contribution in [0.1, 0.15) is 47.8 Å². The zero-order valence-electron chi connectivity index (χ0n) is 20.2. The van der Waals surface area contributed by atoms with Crippen LogP contribution in [0.15, 0.2) is 24.5 Å². The first-order chi connectivity index (χ1) is 17.1. The second kappa shape index (κ2) is 10.3. The number of carbonyl (C=O) groups excluding carboxylic acids is 1. The van der Waals surface area contributed by atoms with E-state index < -0.39 is 11.6 Å². The predicted molar refractivity (Wildman–Crippen MR) is 132 cm³/mol. The van der Waals surface area contributed by atoms with Crippen molar-refractivity contribution in [1.29, 1.82) is 0 Å². The maximum absolute atomic E-state index is 13.5. The van der Waals surface area contributed by atoms with Gasteiger partial charge >= 0.3 is 0 Å². The molecule has 0 aliphatic carbocycles. The van der Waals surface area contributed by atoms with Crippen LogP contribution < -0.4 is 10.2 Å². The average molecular weight is 483 g/mol. The van der Waals surface area contributed by atoms with Crippen molar-refractivity contribution < 1.29 is 13.6 Å². The smallest absolute Gasteiger partial charge is 0.255 e. The van der Waals surface area contributed by atoms with Gasteiger partial charge in [0.05, 0.1) is 5.56 Å². The predicted octanol–water partition coefficient (Wildman–Crippen LogP) is 3.55. The number of aryl methyl sites for hydroxylation is 1. The molecule has 0 atom stereocenters. The Bertz CT molecular complexity index is 1220. The van der Waals surface area contributed by atoms with E-state index in [2.05, 4.69) is 24.7 Å². The van der Waals surface area contributed by atoms with Crippen LogP contribution in [0.5, 0.6) is 0 Å². The Morgan fingerprint density at radius 3 is 2.63 bits per heavy atom. The van der Waals surface area contributed by atoms with Crippen LogP contribution in [0, 0.1) is 11.6 Å². The third-order valence-electron chi connectivity index (χ3n) is 7.16. The molecule has 35 heavy (non-hydrogen) atoms. The summed E-state index contributed by atoms with van der Waals surface area (Å²) in [5.41, 5.74) is 4.31. The highest BCUT2D eigenvalue weighted by Gasteiger charge is 2.29. The number of benzene rings is 1. The molecule has 3 aromatic rings. The Morgan fingerprint density at radius 1 is 1.03 bits per heavy atom. The number of hydrogen-bond donors (Lipinski definition) is 1. The molecule has 2 aromatic heterocycles. The average Bonchev–Trinajstić information content (AvgIpc) is 3.00. The number of nitrogens with zero attached hydrogens (tertiary/aromatic N) is 5. The van der Waals surface area contributed by atoms with Crippen LogP contribution in [-0.4, -0.2) is 64.6 Å². The van der Waals surface area contributed by atoms with Gasteiger partial charge in [0.2, 0.25) is 0 Å². The van der Waals surface area contributed by atoms with E-state index in [0.29, 0.717) is 18.5 Å². The van der Waals surface area contributed by atoms with E-state index >= 15 is 0 Å². The fourth-order valence-corrected chi connectivity index (χ4v) is 5.34. The van der Waals surface area contributed by atoms with Crippen molar-refractivity contribution in [3.63, 3.8) is 0 Å². The Hall–Kier alpha value is -3.07. The molecule has 4 heterocycles. The Balaban J connectivity index is 1.36. The van der Waals surface area contributed by atoms with Gasteiger partial charge in [-0.05, 0) is 50.3 Å². The van der Waals surface area contributed by atoms with Crippen molar-refractivity contribution in [3.8, 4) is 0 Å². The van der Waals surface area contributed by atoms with Crippen molar-refractivity contribution in [2.24, 2.45) is 0 Å². The van der Waals surface area contributed by atoms with Crippen LogP contribution in [0.2, 0.25) is 0 Å². The van der Waals surface area contributed by atoms with E-state index in [1.807, 2.05) is 6.92 Å². The zero-order valence-corrected chi connectivity index (χ0v) is 20.2. The van der Waals surface area contributed by atoms with Crippen LogP contribution in [0.3, 0.4) is 0 Å². The van der Waals surface area contributed by atoms with E-state index in [1.54, 1.807) is 12.4 Å². The van der Waals surface area contributed by atoms with Gasteiger partial charge in [0.15, 0.2) is 17.5 Å². The first-order valence-electron chi connectivity index (χ1n) is 12.6. The minimum atomic E-state index is -0.808. The van der Waals surface area contributed by atoms with Gasteiger partial charge in [-0.3, -0.25) is 9.69 Å². The second-order valence-corrected chi connectivity index (χ2v) is 9.37. The molecule has 1 fully saturated rings. The monoisotopic (exact) mass is 482 g/mol. The number of aromatic nitrogens is 3. The van der Waals surface area contributed by atoms with Crippen LogP contribution in [0.4, 0.5) is 14.6 Å². The third kappa shape index (κ3) is 4.74. The van der Waals surface area contributed by atoms with Gasteiger partial charge in [-0.1, -0.05) is 12.5 Å². The van der Waals surface area contributed by atoms with E-state index in [4.69, 9.17) is 4.98 Å². The largest absolute Gasteiger partial charge is 0.352 e. The van der Waals surface area contributed by atoms with E-state index in [1.165, 1.54) is 12.1 Å². The number of piperazine rings is 1. The number of hydrogen-bond acceptors (Lipinski definition) is 5. The Kier molecular flexibility index (Phi) is 6.95. The quantitative estimate of drug-likeness (QED) is 0.582. The number of amides is 1. The minimum Gasteiger partial charge on any atom is -0.352 e. The number of fused-ring (bicyclic) bond motifs is 3. The first-order valence-corrected chi connectivity index (χ1v) is 12.6. The van der Waals surface area contributed by atoms with Crippen molar-refractivity contribution in [2.45, 2.75) is 45.6 Å². The summed E-state index contributed by atoms with van der Waals surface area (Å²) in [6.45, 7) is 7.50. The lowest BCUT2D eigenvalue weighted by atomic mass is 10.1. The van der Waals surface area contributed by atoms with Gasteiger partial charge in [0, 0.05) is 51.5 Å². The number of carbonyl (C=O) groups is 1. The number of anilines is 1. The molecule has 0 bridgehead atoms. The highest BCUT2D eigenvalue weighted by Crippen LogP contribution is 2.34. The summed E-state index contributed by atoms with van der Waals surface area (Å²) < 4.78 is 29.0. The lowest BCUT2D eigenvalue weighted by Gasteiger charge is -2.35. The third-order valence-corrected chi connectivity index (χ3v) is 7.16. The normalized spacial score (nSPS) is 16.8. The molecule has 0 unspecified atom stereocenters. The van der Waals surface area contributed by atoms with Crippen LogP contribution in [0.25, 0.3) is 11.0 Å². The van der Waals surface area contributed by atoms with E-state index in [-0.39, 0.29) is 5.91 Å². The summed E-state index contributed by atoms with van der Waals surface area (Å²) in [5.74, 6) is -0.760. The molecule has 0 radical (unpaired) electrons. The summed E-state index contributed by atoms with van der Waals surface area (Å²) in [7, 11) is 0. The standard InChI is InChI=1S/C26H32F2N6O/c1-2-29-26(35)22-21-6-4-3-5-10-34(21)24-23(22)30-17-31-25(24)33-14-12-32(13-15-33)11-9-18-7-8-19(27)20(28)16-18/h7-8,16-17H,2-6,9-15H2,1H3,(H,29,35). The number of halogens is 2. The van der Waals surface area contributed by atoms with Crippen molar-refractivity contribution in [3.05, 3.63) is 53.0 Å². The minimum absolute atomic E-state index is 0.0557. The molecule has 1 amide bonds. The molecule has 2 aliphatic rings. The molecule has 5 rings (SSSR count). The Morgan fingerprint density at radius 2 is 1.86 bits per heavy atom. The zero-order chi connectivity index (χ0) is 24.4. The van der Waals surface area contributed by atoms with Crippen molar-refractivity contribution >= 4 is 22.8 Å². The van der Waals surface area contributed by atoms with Gasteiger partial charge in [-0.15, -0.1) is 0 Å². The van der Waals surface area contributed by atoms with Crippen molar-refractivity contribution in [2.75, 3.05) is 44.2 Å². The molecule has 2 aliphatic heterocycles. The second-order valence-electron chi connectivity index (χ2n) is 9.37. The molecule has 9 heteroatoms. The summed E-state index contributed by atoms with van der Waals surface area (Å²) in [5, 5.41) is 2.97. The highest BCUT2D eigenvalue weighted by atomic mass is 19.2. The molecule has 1 aromatic carbocycles. The topological polar surface area (TPSA) is 66.3 Å². The van der Waals surface area contributed by atoms with E-state index in [0.717, 1.165) is 93.1 Å². The van der Waals surface area contributed by atoms with E-state index in [9.17, 15) is 13.6 Å². The first kappa shape index (κ1) is 23.7. The van der Waals surface area contributed by atoms with Gasteiger partial charge in [0.1, 0.15) is 17.4 Å². The Labute approximate surface area is 204 Å². The van der Waals surface area contributed by atoms with Gasteiger partial charge in [-0.25, -0.2) is 18.7 Å². The molecule has 7 nitrogen and oxygen atoms in total. The lowest BCUT2D eigenvalue weighted by Crippen LogP contribution is -2.47. The van der Waals surface area contributed by atoms with Crippen LogP contribution >= 0.6 is 0 Å². The molecule has 186 valence electrons. The lowest BCUT2D eigenvalue weighted by molar-refractivity contribution is 0.0956. The fourth-order valence-electron chi connectivity index (χ4n) is 5.34. The number of nitrogens with one attached hydrogen (secondary N) is 1. The SMILES string of the molecule is CCNC(=O)c1c2n(c3c(N4CCN(CCc5ccc(F)c(F)c5)CC4)ncnc13)CCCCC2. The van der Waals surface area contributed by atoms with Gasteiger partial charge < -0.3 is 14.8 Å². The summed E-state index contributed by atoms with van der Waals surface area (Å²) in [6.07, 6.45) is 6.43. The summed E-state index contributed by atoms with van der Waals surface area (Å²) in [6, 6.07) is 4.13. The van der Waals surface area contributed by atoms with Gasteiger partial charge in [-0.2, -0.15) is 0 Å². The number of rotatable bonds is 6. The molecule has 1 N–H and O–H groups in total. The fraction of sp³-hybridized carbons (Fsp3) is 0.500. The molecular weight excluding hydrogens is 450 g/mol. The van der Waals surface area contributed by atoms with Gasteiger partial charge in [0.25, 0.3) is 5.91 Å². The molecule has 0 spiro atoms.